The molecule has 140 valence electrons. The Morgan fingerprint density at radius 1 is 1.15 bits per heavy atom. The van der Waals surface area contributed by atoms with E-state index in [4.69, 9.17) is 9.26 Å². The number of hydrogen-bond donors (Lipinski definition) is 0. The third-order valence-corrected chi connectivity index (χ3v) is 4.35. The summed E-state index contributed by atoms with van der Waals surface area (Å²) >= 11 is 0. The highest BCUT2D eigenvalue weighted by atomic mass is 16.5. The van der Waals surface area contributed by atoms with E-state index in [2.05, 4.69) is 12.1 Å². The van der Waals surface area contributed by atoms with Gasteiger partial charge in [0.15, 0.2) is 12.4 Å². The molecule has 0 aliphatic carbocycles. The van der Waals surface area contributed by atoms with Gasteiger partial charge in [0.05, 0.1) is 10.9 Å². The van der Waals surface area contributed by atoms with Crippen LogP contribution >= 0.6 is 0 Å². The SMILES string of the molecule is CCCCN(C)C(=O)COC(=O)c1ccc2noc(-c3ccccc3)c2c1. The van der Waals surface area contributed by atoms with Crippen LogP contribution in [0, 0.1) is 0 Å². The van der Waals surface area contributed by atoms with Crippen LogP contribution in [0.15, 0.2) is 53.1 Å². The molecule has 0 saturated heterocycles. The van der Waals surface area contributed by atoms with Gasteiger partial charge in [-0.3, -0.25) is 4.79 Å². The Morgan fingerprint density at radius 2 is 1.93 bits per heavy atom. The van der Waals surface area contributed by atoms with Crippen LogP contribution < -0.4 is 0 Å². The van der Waals surface area contributed by atoms with Crippen molar-refractivity contribution in [2.45, 2.75) is 19.8 Å². The first-order valence-electron chi connectivity index (χ1n) is 8.96. The van der Waals surface area contributed by atoms with E-state index in [1.807, 2.05) is 30.3 Å². The number of hydrogen-bond acceptors (Lipinski definition) is 5. The predicted octanol–water partition coefficient (Wildman–Crippen LogP) is 3.91. The van der Waals surface area contributed by atoms with E-state index in [-0.39, 0.29) is 12.5 Å². The molecule has 6 heteroatoms. The summed E-state index contributed by atoms with van der Waals surface area (Å²) in [6, 6.07) is 14.6. The average Bonchev–Trinajstić information content (AvgIpc) is 3.13. The quantitative estimate of drug-likeness (QED) is 0.593. The van der Waals surface area contributed by atoms with Gasteiger partial charge in [-0.15, -0.1) is 0 Å². The van der Waals surface area contributed by atoms with Gasteiger partial charge in [0.25, 0.3) is 5.91 Å². The molecule has 1 amide bonds. The molecular formula is C21H22N2O4. The van der Waals surface area contributed by atoms with Gasteiger partial charge in [0.2, 0.25) is 0 Å². The molecule has 0 unspecified atom stereocenters. The molecule has 0 bridgehead atoms. The Hall–Kier alpha value is -3.15. The molecule has 0 radical (unpaired) electrons. The molecule has 6 nitrogen and oxygen atoms in total. The molecule has 0 spiro atoms. The first-order valence-corrected chi connectivity index (χ1v) is 8.96. The molecule has 2 aromatic carbocycles. The van der Waals surface area contributed by atoms with Crippen LogP contribution in [0.5, 0.6) is 0 Å². The topological polar surface area (TPSA) is 72.6 Å². The highest BCUT2D eigenvalue weighted by Gasteiger charge is 2.16. The number of nitrogens with zero attached hydrogens (tertiary/aromatic N) is 2. The third kappa shape index (κ3) is 4.34. The van der Waals surface area contributed by atoms with Crippen molar-refractivity contribution in [1.82, 2.24) is 10.1 Å². The number of unbranched alkanes of at least 4 members (excludes halogenated alkanes) is 1. The summed E-state index contributed by atoms with van der Waals surface area (Å²) in [5, 5.41) is 4.76. The van der Waals surface area contributed by atoms with Gasteiger partial charge in [-0.2, -0.15) is 0 Å². The van der Waals surface area contributed by atoms with Gasteiger partial charge in [0, 0.05) is 19.2 Å². The van der Waals surface area contributed by atoms with Crippen LogP contribution in [0.4, 0.5) is 0 Å². The lowest BCUT2D eigenvalue weighted by Crippen LogP contribution is -2.32. The van der Waals surface area contributed by atoms with E-state index >= 15 is 0 Å². The third-order valence-electron chi connectivity index (χ3n) is 4.35. The Kier molecular flexibility index (Phi) is 5.86. The molecule has 3 aromatic rings. The number of esters is 1. The summed E-state index contributed by atoms with van der Waals surface area (Å²) in [5.41, 5.74) is 1.88. The van der Waals surface area contributed by atoms with E-state index in [0.29, 0.717) is 23.4 Å². The van der Waals surface area contributed by atoms with Crippen molar-refractivity contribution in [2.75, 3.05) is 20.2 Å². The van der Waals surface area contributed by atoms with Crippen LogP contribution in [0.25, 0.3) is 22.2 Å². The number of rotatable bonds is 7. The van der Waals surface area contributed by atoms with E-state index in [1.165, 1.54) is 0 Å². The normalized spacial score (nSPS) is 10.7. The summed E-state index contributed by atoms with van der Waals surface area (Å²) < 4.78 is 10.6. The van der Waals surface area contributed by atoms with Gasteiger partial charge in [-0.05, 0) is 24.6 Å². The van der Waals surface area contributed by atoms with Crippen LogP contribution in [-0.4, -0.2) is 42.1 Å². The number of benzene rings is 2. The Balaban J connectivity index is 1.73. The van der Waals surface area contributed by atoms with Crippen molar-refractivity contribution in [3.8, 4) is 11.3 Å². The maximum absolute atomic E-state index is 12.4. The minimum absolute atomic E-state index is 0.215. The molecule has 0 aliphatic rings. The molecule has 3 rings (SSSR count). The molecular weight excluding hydrogens is 344 g/mol. The zero-order valence-electron chi connectivity index (χ0n) is 15.5. The average molecular weight is 366 g/mol. The van der Waals surface area contributed by atoms with Crippen LogP contribution in [0.2, 0.25) is 0 Å². The lowest BCUT2D eigenvalue weighted by Gasteiger charge is -2.16. The van der Waals surface area contributed by atoms with Crippen LogP contribution in [-0.2, 0) is 9.53 Å². The molecule has 1 heterocycles. The Morgan fingerprint density at radius 3 is 2.67 bits per heavy atom. The summed E-state index contributed by atoms with van der Waals surface area (Å²) in [5.74, 6) is -0.169. The minimum atomic E-state index is -0.547. The van der Waals surface area contributed by atoms with Crippen molar-refractivity contribution < 1.29 is 18.8 Å². The lowest BCUT2D eigenvalue weighted by molar-refractivity contribution is -0.133. The van der Waals surface area contributed by atoms with Crippen LogP contribution in [0.1, 0.15) is 30.1 Å². The van der Waals surface area contributed by atoms with E-state index in [9.17, 15) is 9.59 Å². The first kappa shape index (κ1) is 18.6. The molecule has 0 fully saturated rings. The van der Waals surface area contributed by atoms with E-state index < -0.39 is 5.97 Å². The number of carbonyl (C=O) groups excluding carboxylic acids is 2. The fourth-order valence-electron chi connectivity index (χ4n) is 2.71. The minimum Gasteiger partial charge on any atom is -0.452 e. The van der Waals surface area contributed by atoms with Crippen molar-refractivity contribution >= 4 is 22.8 Å². The molecule has 1 aromatic heterocycles. The summed E-state index contributed by atoms with van der Waals surface area (Å²) in [7, 11) is 1.71. The van der Waals surface area contributed by atoms with Gasteiger partial charge >= 0.3 is 5.97 Å². The van der Waals surface area contributed by atoms with E-state index in [1.54, 1.807) is 30.1 Å². The van der Waals surface area contributed by atoms with E-state index in [0.717, 1.165) is 23.8 Å². The van der Waals surface area contributed by atoms with Gasteiger partial charge in [0.1, 0.15) is 5.52 Å². The first-order chi connectivity index (χ1) is 13.1. The van der Waals surface area contributed by atoms with Crippen molar-refractivity contribution in [3.63, 3.8) is 0 Å². The lowest BCUT2D eigenvalue weighted by atomic mass is 10.1. The second-order valence-corrected chi connectivity index (χ2v) is 6.35. The maximum Gasteiger partial charge on any atom is 0.338 e. The smallest absolute Gasteiger partial charge is 0.338 e. The van der Waals surface area contributed by atoms with Gasteiger partial charge < -0.3 is 14.2 Å². The number of likely N-dealkylation sites (N-methyl/N-ethyl adjacent to an activating group) is 1. The maximum atomic E-state index is 12.4. The zero-order valence-corrected chi connectivity index (χ0v) is 15.5. The standard InChI is InChI=1S/C21H22N2O4/c1-3-4-12-23(2)19(24)14-26-21(25)16-10-11-18-17(13-16)20(27-22-18)15-8-6-5-7-9-15/h5-11,13H,3-4,12,14H2,1-2H3. The molecule has 0 saturated carbocycles. The highest BCUT2D eigenvalue weighted by molar-refractivity contribution is 5.99. The summed E-state index contributed by atoms with van der Waals surface area (Å²) in [6.07, 6.45) is 1.92. The predicted molar refractivity (Wildman–Crippen MR) is 102 cm³/mol. The van der Waals surface area contributed by atoms with Crippen molar-refractivity contribution in [1.29, 1.82) is 0 Å². The fraction of sp³-hybridized carbons (Fsp3) is 0.286. The number of ether oxygens (including phenoxy) is 1. The van der Waals surface area contributed by atoms with Gasteiger partial charge in [-0.1, -0.05) is 48.8 Å². The summed E-state index contributed by atoms with van der Waals surface area (Å²) in [4.78, 5) is 26.0. The second kappa shape index (κ2) is 8.49. The van der Waals surface area contributed by atoms with Crippen molar-refractivity contribution in [2.24, 2.45) is 0 Å². The number of amides is 1. The zero-order chi connectivity index (χ0) is 19.2. The second-order valence-electron chi connectivity index (χ2n) is 6.35. The highest BCUT2D eigenvalue weighted by Crippen LogP contribution is 2.29. The van der Waals surface area contributed by atoms with Gasteiger partial charge in [-0.25, -0.2) is 4.79 Å². The molecule has 0 N–H and O–H groups in total. The molecule has 0 atom stereocenters. The van der Waals surface area contributed by atoms with Crippen molar-refractivity contribution in [3.05, 3.63) is 54.1 Å². The number of fused-ring (bicyclic) bond motifs is 1. The Labute approximate surface area is 157 Å². The number of carbonyl (C=O) groups is 2. The monoisotopic (exact) mass is 366 g/mol. The summed E-state index contributed by atoms with van der Waals surface area (Å²) in [6.45, 7) is 2.44. The van der Waals surface area contributed by atoms with Crippen LogP contribution in [0.3, 0.4) is 0 Å². The Bertz CT molecular complexity index is 934. The largest absolute Gasteiger partial charge is 0.452 e. The molecule has 27 heavy (non-hydrogen) atoms. The number of aromatic nitrogens is 1. The fourth-order valence-corrected chi connectivity index (χ4v) is 2.71. The molecule has 0 aliphatic heterocycles.